The van der Waals surface area contributed by atoms with Crippen LogP contribution in [0.15, 0.2) is 60.7 Å². The summed E-state index contributed by atoms with van der Waals surface area (Å²) in [4.78, 5) is 9.83. The van der Waals surface area contributed by atoms with Gasteiger partial charge in [0.2, 0.25) is 0 Å². The molecule has 0 unspecified atom stereocenters. The van der Waals surface area contributed by atoms with Crippen molar-refractivity contribution in [3.63, 3.8) is 0 Å². The van der Waals surface area contributed by atoms with E-state index >= 15 is 0 Å². The van der Waals surface area contributed by atoms with E-state index in [1.165, 1.54) is 16.3 Å². The van der Waals surface area contributed by atoms with E-state index in [9.17, 15) is 0 Å². The van der Waals surface area contributed by atoms with Crippen molar-refractivity contribution >= 4 is 21.7 Å². The van der Waals surface area contributed by atoms with Crippen molar-refractivity contribution < 1.29 is 0 Å². The molecule has 0 atom stereocenters. The maximum Gasteiger partial charge on any atom is 0.132 e. The van der Waals surface area contributed by atoms with Gasteiger partial charge in [-0.3, -0.25) is 0 Å². The maximum atomic E-state index is 4.92. The van der Waals surface area contributed by atoms with Crippen LogP contribution in [0.3, 0.4) is 0 Å². The van der Waals surface area contributed by atoms with Gasteiger partial charge in [-0.05, 0) is 23.9 Å². The average molecular weight is 312 g/mol. The second kappa shape index (κ2) is 5.72. The first-order chi connectivity index (χ1) is 11.6. The molecule has 0 aliphatic rings. The number of nitrogens with zero attached hydrogens (tertiary/aromatic N) is 2. The molecule has 0 bridgehead atoms. The largest absolute Gasteiger partial charge is 0.232 e. The van der Waals surface area contributed by atoms with Gasteiger partial charge in [0.05, 0.1) is 11.2 Å². The first-order valence-electron chi connectivity index (χ1n) is 8.40. The highest BCUT2D eigenvalue weighted by molar-refractivity contribution is 6.10. The third-order valence-corrected chi connectivity index (χ3v) is 4.49. The summed E-state index contributed by atoms with van der Waals surface area (Å²) in [6.07, 6.45) is 0. The molecule has 0 fully saturated rings. The monoisotopic (exact) mass is 312 g/mol. The second-order valence-electron chi connectivity index (χ2n) is 6.59. The van der Waals surface area contributed by atoms with Crippen molar-refractivity contribution in [1.29, 1.82) is 0 Å². The molecule has 0 aliphatic heterocycles. The van der Waals surface area contributed by atoms with Crippen molar-refractivity contribution in [2.75, 3.05) is 0 Å². The predicted octanol–water partition coefficient (Wildman–Crippen LogP) is 5.88. The van der Waals surface area contributed by atoms with E-state index in [-0.39, 0.29) is 5.92 Å². The molecule has 4 aromatic rings. The van der Waals surface area contributed by atoms with Gasteiger partial charge >= 0.3 is 0 Å². The van der Waals surface area contributed by atoms with E-state index in [1.54, 1.807) is 0 Å². The second-order valence-corrected chi connectivity index (χ2v) is 6.59. The van der Waals surface area contributed by atoms with E-state index in [4.69, 9.17) is 9.97 Å². The molecule has 3 aromatic carbocycles. The molecule has 0 amide bonds. The van der Waals surface area contributed by atoms with Gasteiger partial charge in [0, 0.05) is 22.3 Å². The van der Waals surface area contributed by atoms with Crippen LogP contribution in [0.5, 0.6) is 0 Å². The van der Waals surface area contributed by atoms with Crippen LogP contribution in [0, 0.1) is 6.92 Å². The number of fused-ring (bicyclic) bond motifs is 3. The Bertz CT molecular complexity index is 1030. The SMILES string of the molecule is Cc1cc2c(-c3ccccc3)nc(C(C)C)nc2c2ccccc12. The molecule has 0 aliphatic carbocycles. The fourth-order valence-corrected chi connectivity index (χ4v) is 3.23. The summed E-state index contributed by atoms with van der Waals surface area (Å²) in [5.41, 5.74) is 4.48. The summed E-state index contributed by atoms with van der Waals surface area (Å²) >= 11 is 0. The number of benzene rings is 3. The summed E-state index contributed by atoms with van der Waals surface area (Å²) in [6, 6.07) is 21.1. The Morgan fingerprint density at radius 1 is 0.750 bits per heavy atom. The Labute approximate surface area is 142 Å². The van der Waals surface area contributed by atoms with E-state index in [2.05, 4.69) is 75.4 Å². The average Bonchev–Trinajstić information content (AvgIpc) is 2.62. The molecule has 118 valence electrons. The third-order valence-electron chi connectivity index (χ3n) is 4.49. The Balaban J connectivity index is 2.19. The van der Waals surface area contributed by atoms with Crippen molar-refractivity contribution in [3.8, 4) is 11.3 Å². The molecule has 0 saturated heterocycles. The van der Waals surface area contributed by atoms with E-state index in [0.29, 0.717) is 0 Å². The highest BCUT2D eigenvalue weighted by Crippen LogP contribution is 2.33. The molecule has 2 nitrogen and oxygen atoms in total. The number of hydrogen-bond donors (Lipinski definition) is 0. The standard InChI is InChI=1S/C22H20N2/c1-14(2)22-23-20(16-9-5-4-6-10-16)19-13-15(3)17-11-7-8-12-18(17)21(19)24-22/h4-14H,1-3H3. The lowest BCUT2D eigenvalue weighted by atomic mass is 9.98. The van der Waals surface area contributed by atoms with Crippen LogP contribution in [0.4, 0.5) is 0 Å². The fourth-order valence-electron chi connectivity index (χ4n) is 3.23. The van der Waals surface area contributed by atoms with E-state index in [0.717, 1.165) is 28.0 Å². The van der Waals surface area contributed by atoms with Crippen LogP contribution in [-0.2, 0) is 0 Å². The number of rotatable bonds is 2. The molecule has 0 N–H and O–H groups in total. The molecule has 0 spiro atoms. The van der Waals surface area contributed by atoms with Gasteiger partial charge in [-0.1, -0.05) is 68.4 Å². The molecule has 4 rings (SSSR count). The van der Waals surface area contributed by atoms with Gasteiger partial charge in [0.15, 0.2) is 0 Å². The first kappa shape index (κ1) is 14.8. The smallest absolute Gasteiger partial charge is 0.132 e. The molecule has 0 radical (unpaired) electrons. The van der Waals surface area contributed by atoms with Crippen LogP contribution >= 0.6 is 0 Å². The molecular formula is C22H20N2. The molecular weight excluding hydrogens is 292 g/mol. The van der Waals surface area contributed by atoms with E-state index in [1.807, 2.05) is 6.07 Å². The lowest BCUT2D eigenvalue weighted by Crippen LogP contribution is -2.01. The van der Waals surface area contributed by atoms with Gasteiger partial charge in [-0.2, -0.15) is 0 Å². The van der Waals surface area contributed by atoms with Crippen molar-refractivity contribution in [2.24, 2.45) is 0 Å². The van der Waals surface area contributed by atoms with Crippen LogP contribution in [0.1, 0.15) is 31.2 Å². The van der Waals surface area contributed by atoms with Crippen molar-refractivity contribution in [3.05, 3.63) is 72.1 Å². The summed E-state index contributed by atoms with van der Waals surface area (Å²) in [6.45, 7) is 6.45. The lowest BCUT2D eigenvalue weighted by Gasteiger charge is -2.14. The van der Waals surface area contributed by atoms with Crippen LogP contribution in [-0.4, -0.2) is 9.97 Å². The molecule has 24 heavy (non-hydrogen) atoms. The van der Waals surface area contributed by atoms with Gasteiger partial charge in [-0.25, -0.2) is 9.97 Å². The Morgan fingerprint density at radius 3 is 2.12 bits per heavy atom. The van der Waals surface area contributed by atoms with Crippen LogP contribution in [0.25, 0.3) is 32.9 Å². The molecule has 2 heteroatoms. The zero-order valence-corrected chi connectivity index (χ0v) is 14.2. The van der Waals surface area contributed by atoms with E-state index < -0.39 is 0 Å². The Hall–Kier alpha value is -2.74. The molecule has 0 saturated carbocycles. The first-order valence-corrected chi connectivity index (χ1v) is 8.40. The summed E-state index contributed by atoms with van der Waals surface area (Å²) < 4.78 is 0. The normalized spacial score (nSPS) is 11.5. The van der Waals surface area contributed by atoms with Gasteiger partial charge in [0.1, 0.15) is 5.82 Å². The van der Waals surface area contributed by atoms with Crippen LogP contribution < -0.4 is 0 Å². The quantitative estimate of drug-likeness (QED) is 0.432. The maximum absolute atomic E-state index is 4.92. The highest BCUT2D eigenvalue weighted by atomic mass is 14.9. The van der Waals surface area contributed by atoms with Gasteiger partial charge in [0.25, 0.3) is 0 Å². The predicted molar refractivity (Wildman–Crippen MR) is 101 cm³/mol. The molecule has 1 aromatic heterocycles. The van der Waals surface area contributed by atoms with Crippen molar-refractivity contribution in [1.82, 2.24) is 9.97 Å². The fraction of sp³-hybridized carbons (Fsp3) is 0.182. The summed E-state index contributed by atoms with van der Waals surface area (Å²) in [7, 11) is 0. The minimum Gasteiger partial charge on any atom is -0.232 e. The number of aryl methyl sites for hydroxylation is 1. The van der Waals surface area contributed by atoms with Gasteiger partial charge < -0.3 is 0 Å². The Morgan fingerprint density at radius 2 is 1.42 bits per heavy atom. The topological polar surface area (TPSA) is 25.8 Å². The summed E-state index contributed by atoms with van der Waals surface area (Å²) in [5, 5.41) is 3.59. The number of aromatic nitrogens is 2. The minimum absolute atomic E-state index is 0.289. The van der Waals surface area contributed by atoms with Gasteiger partial charge in [-0.15, -0.1) is 0 Å². The highest BCUT2D eigenvalue weighted by Gasteiger charge is 2.15. The lowest BCUT2D eigenvalue weighted by molar-refractivity contribution is 0.785. The third kappa shape index (κ3) is 2.35. The minimum atomic E-state index is 0.289. The number of hydrogen-bond acceptors (Lipinski definition) is 2. The zero-order valence-electron chi connectivity index (χ0n) is 14.2. The summed E-state index contributed by atoms with van der Waals surface area (Å²) in [5.74, 6) is 1.19. The molecule has 1 heterocycles. The van der Waals surface area contributed by atoms with Crippen LogP contribution in [0.2, 0.25) is 0 Å². The van der Waals surface area contributed by atoms with Crippen molar-refractivity contribution in [2.45, 2.75) is 26.7 Å². The Kier molecular flexibility index (Phi) is 3.53. The zero-order chi connectivity index (χ0) is 16.7.